The van der Waals surface area contributed by atoms with Crippen molar-refractivity contribution in [3.05, 3.63) is 0 Å². The van der Waals surface area contributed by atoms with Crippen LogP contribution in [-0.2, 0) is 4.74 Å². The third kappa shape index (κ3) is 4.11. The Morgan fingerprint density at radius 3 is 3.19 bits per heavy atom. The number of terminal acetylenes is 1. The number of ether oxygens (including phenoxy) is 1. The predicted molar refractivity (Wildman–Crippen MR) is 63.0 cm³/mol. The molecule has 1 atom stereocenters. The lowest BCUT2D eigenvalue weighted by atomic mass is 9.99. The summed E-state index contributed by atoms with van der Waals surface area (Å²) in [5.74, 6) is 2.87. The molecule has 1 aliphatic heterocycles. The Balaban J connectivity index is 2.29. The Morgan fingerprint density at radius 1 is 1.69 bits per heavy atom. The fourth-order valence-corrected chi connectivity index (χ4v) is 1.93. The van der Waals surface area contributed by atoms with E-state index in [-0.39, 0.29) is 6.03 Å². The smallest absolute Gasteiger partial charge is 0.317 e. The van der Waals surface area contributed by atoms with Crippen LogP contribution >= 0.6 is 0 Å². The van der Waals surface area contributed by atoms with Crippen molar-refractivity contribution in [2.24, 2.45) is 5.92 Å². The lowest BCUT2D eigenvalue weighted by Crippen LogP contribution is -2.46. The Bertz CT molecular complexity index is 260. The molecule has 1 aliphatic rings. The van der Waals surface area contributed by atoms with E-state index in [9.17, 15) is 4.79 Å². The van der Waals surface area contributed by atoms with Crippen molar-refractivity contribution in [1.82, 2.24) is 10.2 Å². The largest absolute Gasteiger partial charge is 0.368 e. The van der Waals surface area contributed by atoms with Gasteiger partial charge in [-0.05, 0) is 19.8 Å². The van der Waals surface area contributed by atoms with E-state index >= 15 is 0 Å². The maximum absolute atomic E-state index is 11.6. The summed E-state index contributed by atoms with van der Waals surface area (Å²) in [5.41, 5.74) is 0. The van der Waals surface area contributed by atoms with Crippen molar-refractivity contribution in [1.29, 1.82) is 0 Å². The molecule has 0 aromatic carbocycles. The van der Waals surface area contributed by atoms with E-state index in [1.165, 1.54) is 0 Å². The van der Waals surface area contributed by atoms with Crippen LogP contribution in [0.1, 0.15) is 19.8 Å². The van der Waals surface area contributed by atoms with Gasteiger partial charge in [-0.1, -0.05) is 5.92 Å². The molecule has 90 valence electrons. The lowest BCUT2D eigenvalue weighted by molar-refractivity contribution is 0.0859. The summed E-state index contributed by atoms with van der Waals surface area (Å²) >= 11 is 0. The average molecular weight is 224 g/mol. The first-order chi connectivity index (χ1) is 7.77. The minimum absolute atomic E-state index is 0.0316. The molecule has 1 fully saturated rings. The Kier molecular flexibility index (Phi) is 5.73. The number of nitrogens with one attached hydrogen (secondary N) is 1. The molecule has 0 saturated carbocycles. The summed E-state index contributed by atoms with van der Waals surface area (Å²) in [7, 11) is 0. The molecule has 4 nitrogen and oxygen atoms in total. The van der Waals surface area contributed by atoms with Crippen LogP contribution in [0.3, 0.4) is 0 Å². The Labute approximate surface area is 97.3 Å². The zero-order valence-corrected chi connectivity index (χ0v) is 9.87. The molecular formula is C12H20N2O2. The molecule has 0 aliphatic carbocycles. The molecule has 4 heteroatoms. The van der Waals surface area contributed by atoms with Gasteiger partial charge in [0.15, 0.2) is 0 Å². The van der Waals surface area contributed by atoms with Crippen LogP contribution in [-0.4, -0.2) is 43.8 Å². The van der Waals surface area contributed by atoms with Crippen molar-refractivity contribution in [3.8, 4) is 12.3 Å². The normalized spacial score (nSPS) is 20.2. The van der Waals surface area contributed by atoms with Crippen molar-refractivity contribution < 1.29 is 9.53 Å². The molecule has 1 heterocycles. The molecule has 0 aromatic heterocycles. The van der Waals surface area contributed by atoms with Gasteiger partial charge in [0.25, 0.3) is 0 Å². The molecular weight excluding hydrogens is 204 g/mol. The molecule has 0 spiro atoms. The van der Waals surface area contributed by atoms with E-state index < -0.39 is 0 Å². The monoisotopic (exact) mass is 224 g/mol. The first kappa shape index (κ1) is 12.9. The molecule has 1 saturated heterocycles. The maximum atomic E-state index is 11.6. The van der Waals surface area contributed by atoms with Gasteiger partial charge in [0.2, 0.25) is 0 Å². The van der Waals surface area contributed by atoms with Crippen LogP contribution in [0.5, 0.6) is 0 Å². The van der Waals surface area contributed by atoms with E-state index in [1.54, 1.807) is 0 Å². The van der Waals surface area contributed by atoms with Crippen LogP contribution in [0, 0.1) is 18.3 Å². The third-order valence-electron chi connectivity index (χ3n) is 2.67. The number of piperidine rings is 1. The molecule has 0 aromatic rings. The van der Waals surface area contributed by atoms with Gasteiger partial charge >= 0.3 is 6.03 Å². The molecule has 1 N–H and O–H groups in total. The van der Waals surface area contributed by atoms with Gasteiger partial charge < -0.3 is 15.0 Å². The first-order valence-corrected chi connectivity index (χ1v) is 5.82. The number of urea groups is 1. The van der Waals surface area contributed by atoms with Crippen molar-refractivity contribution in [2.75, 3.05) is 32.8 Å². The van der Waals surface area contributed by atoms with Crippen LogP contribution in [0.2, 0.25) is 0 Å². The molecule has 0 radical (unpaired) electrons. The van der Waals surface area contributed by atoms with E-state index in [0.29, 0.717) is 25.7 Å². The summed E-state index contributed by atoms with van der Waals surface area (Å²) in [6, 6.07) is 0.0316. The molecule has 0 unspecified atom stereocenters. The van der Waals surface area contributed by atoms with Crippen molar-refractivity contribution in [2.45, 2.75) is 19.8 Å². The summed E-state index contributed by atoms with van der Waals surface area (Å²) in [6.07, 6.45) is 7.26. The molecule has 0 bridgehead atoms. The summed E-state index contributed by atoms with van der Waals surface area (Å²) < 4.78 is 5.32. The Morgan fingerprint density at radius 2 is 2.50 bits per heavy atom. The van der Waals surface area contributed by atoms with E-state index in [1.807, 2.05) is 11.8 Å². The lowest BCUT2D eigenvalue weighted by Gasteiger charge is -2.32. The fourth-order valence-electron chi connectivity index (χ4n) is 1.93. The highest BCUT2D eigenvalue weighted by Gasteiger charge is 2.23. The number of likely N-dealkylation sites (tertiary alicyclic amines) is 1. The van der Waals surface area contributed by atoms with Gasteiger partial charge in [-0.25, -0.2) is 4.79 Å². The van der Waals surface area contributed by atoms with Gasteiger partial charge in [-0.3, -0.25) is 0 Å². The van der Waals surface area contributed by atoms with Gasteiger partial charge in [0, 0.05) is 25.6 Å². The molecule has 16 heavy (non-hydrogen) atoms. The van der Waals surface area contributed by atoms with Gasteiger partial charge in [0.05, 0.1) is 6.61 Å². The predicted octanol–water partition coefficient (Wildman–Crippen LogP) is 1.08. The highest BCUT2D eigenvalue weighted by atomic mass is 16.5. The van der Waals surface area contributed by atoms with Gasteiger partial charge in [-0.2, -0.15) is 0 Å². The highest BCUT2D eigenvalue weighted by Crippen LogP contribution is 2.16. The van der Waals surface area contributed by atoms with Crippen LogP contribution in [0.25, 0.3) is 0 Å². The van der Waals surface area contributed by atoms with E-state index in [2.05, 4.69) is 11.2 Å². The minimum atomic E-state index is 0.0316. The average Bonchev–Trinajstić information content (AvgIpc) is 2.30. The maximum Gasteiger partial charge on any atom is 0.317 e. The van der Waals surface area contributed by atoms with Crippen LogP contribution in [0.4, 0.5) is 4.79 Å². The van der Waals surface area contributed by atoms with E-state index in [4.69, 9.17) is 11.2 Å². The molecule has 1 rings (SSSR count). The second-order valence-electron chi connectivity index (χ2n) is 4.01. The standard InChI is InChI=1S/C12H20N2O2/c1-3-8-16-10-11-6-5-7-14(9-11)12(15)13-4-2/h1,11H,4-10H2,2H3,(H,13,15)/t11-/m0/s1. The van der Waals surface area contributed by atoms with Crippen LogP contribution in [0.15, 0.2) is 0 Å². The zero-order chi connectivity index (χ0) is 11.8. The number of hydrogen-bond donors (Lipinski definition) is 1. The summed E-state index contributed by atoms with van der Waals surface area (Å²) in [5, 5.41) is 2.82. The van der Waals surface area contributed by atoms with Crippen molar-refractivity contribution >= 4 is 6.03 Å². The van der Waals surface area contributed by atoms with E-state index in [0.717, 1.165) is 25.9 Å². The minimum Gasteiger partial charge on any atom is -0.368 e. The summed E-state index contributed by atoms with van der Waals surface area (Å²) in [6.45, 7) is 5.23. The number of hydrogen-bond acceptors (Lipinski definition) is 2. The van der Waals surface area contributed by atoms with Crippen molar-refractivity contribution in [3.63, 3.8) is 0 Å². The number of amides is 2. The van der Waals surface area contributed by atoms with Crippen LogP contribution < -0.4 is 5.32 Å². The van der Waals surface area contributed by atoms with Gasteiger partial charge in [0.1, 0.15) is 6.61 Å². The second kappa shape index (κ2) is 7.13. The number of nitrogens with zero attached hydrogens (tertiary/aromatic N) is 1. The highest BCUT2D eigenvalue weighted by molar-refractivity contribution is 5.74. The fraction of sp³-hybridized carbons (Fsp3) is 0.750. The number of carbonyl (C=O) groups is 1. The second-order valence-corrected chi connectivity index (χ2v) is 4.01. The zero-order valence-electron chi connectivity index (χ0n) is 9.87. The Hall–Kier alpha value is -1.21. The number of carbonyl (C=O) groups excluding carboxylic acids is 1. The quantitative estimate of drug-likeness (QED) is 0.573. The topological polar surface area (TPSA) is 41.6 Å². The van der Waals surface area contributed by atoms with Gasteiger partial charge in [-0.15, -0.1) is 6.42 Å². The molecule has 2 amide bonds. The first-order valence-electron chi connectivity index (χ1n) is 5.82. The third-order valence-corrected chi connectivity index (χ3v) is 2.67. The number of rotatable bonds is 4. The SMILES string of the molecule is C#CCOC[C@H]1CCCN(C(=O)NCC)C1. The summed E-state index contributed by atoms with van der Waals surface area (Å²) in [4.78, 5) is 13.5.